The van der Waals surface area contributed by atoms with E-state index in [0.29, 0.717) is 17.1 Å². The third-order valence-electron chi connectivity index (χ3n) is 4.37. The van der Waals surface area contributed by atoms with Crippen LogP contribution in [-0.4, -0.2) is 31.2 Å². The summed E-state index contributed by atoms with van der Waals surface area (Å²) in [5, 5.41) is 3.40. The van der Waals surface area contributed by atoms with E-state index in [1.807, 2.05) is 13.8 Å². The quantitative estimate of drug-likeness (QED) is 0.715. The molecule has 2 rings (SSSR count). The lowest BCUT2D eigenvalue weighted by Crippen LogP contribution is -2.32. The van der Waals surface area contributed by atoms with E-state index in [-0.39, 0.29) is 23.4 Å². The third kappa shape index (κ3) is 5.54. The van der Waals surface area contributed by atoms with Crippen LogP contribution in [0.4, 0.5) is 0 Å². The van der Waals surface area contributed by atoms with Crippen LogP contribution in [0.25, 0.3) is 0 Å². The van der Waals surface area contributed by atoms with Gasteiger partial charge >= 0.3 is 0 Å². The molecule has 1 N–H and O–H groups in total. The smallest absolute Gasteiger partial charge is 0.251 e. The van der Waals surface area contributed by atoms with Crippen molar-refractivity contribution in [3.8, 4) is 0 Å². The summed E-state index contributed by atoms with van der Waals surface area (Å²) in [6.07, 6.45) is 0.859. The predicted octanol–water partition coefficient (Wildman–Crippen LogP) is 4.08. The first-order valence-corrected chi connectivity index (χ1v) is 10.7. The highest BCUT2D eigenvalue weighted by Gasteiger charge is 2.23. The molecule has 5 nitrogen and oxygen atoms in total. The zero-order chi connectivity index (χ0) is 20.0. The number of amides is 1. The molecule has 1 atom stereocenters. The Hall–Kier alpha value is -1.89. The largest absolute Gasteiger partial charge is 0.350 e. The highest BCUT2D eigenvalue weighted by molar-refractivity contribution is 7.89. The van der Waals surface area contributed by atoms with Crippen molar-refractivity contribution in [3.05, 3.63) is 64.7 Å². The lowest BCUT2D eigenvalue weighted by atomic mass is 10.1. The van der Waals surface area contributed by atoms with Gasteiger partial charge in [-0.05, 0) is 55.3 Å². The molecule has 0 radical (unpaired) electrons. The maximum atomic E-state index is 12.8. The molecule has 2 aromatic carbocycles. The fourth-order valence-electron chi connectivity index (χ4n) is 2.50. The molecule has 0 aromatic heterocycles. The Morgan fingerprint density at radius 1 is 1.07 bits per heavy atom. The van der Waals surface area contributed by atoms with Crippen LogP contribution in [0.5, 0.6) is 0 Å². The molecule has 7 heteroatoms. The molecule has 0 fully saturated rings. The van der Waals surface area contributed by atoms with Crippen LogP contribution in [0.15, 0.2) is 53.4 Å². The number of hydrogen-bond acceptors (Lipinski definition) is 3. The van der Waals surface area contributed by atoms with Gasteiger partial charge in [0, 0.05) is 29.7 Å². The summed E-state index contributed by atoms with van der Waals surface area (Å²) in [4.78, 5) is 12.4. The number of rotatable bonds is 8. The van der Waals surface area contributed by atoms with Gasteiger partial charge in [-0.1, -0.05) is 37.6 Å². The number of sulfonamides is 1. The number of halogens is 1. The standard InChI is InChI=1S/C20H25ClN2O3S/c1-4-15(3)22-20(24)17-8-6-16(7-9-17)14-23(5-2)27(25,26)19-12-10-18(21)11-13-19/h6-13,15H,4-5,14H2,1-3H3,(H,22,24). The van der Waals surface area contributed by atoms with E-state index in [9.17, 15) is 13.2 Å². The summed E-state index contributed by atoms with van der Waals surface area (Å²) in [5.74, 6) is -0.128. The van der Waals surface area contributed by atoms with Crippen molar-refractivity contribution in [1.82, 2.24) is 9.62 Å². The van der Waals surface area contributed by atoms with E-state index in [2.05, 4.69) is 5.32 Å². The van der Waals surface area contributed by atoms with Gasteiger partial charge < -0.3 is 5.32 Å². The zero-order valence-corrected chi connectivity index (χ0v) is 17.3. The van der Waals surface area contributed by atoms with Gasteiger partial charge in [0.2, 0.25) is 10.0 Å². The topological polar surface area (TPSA) is 66.5 Å². The van der Waals surface area contributed by atoms with Gasteiger partial charge in [-0.25, -0.2) is 8.42 Å². The number of nitrogens with one attached hydrogen (secondary N) is 1. The van der Waals surface area contributed by atoms with Crippen LogP contribution in [0.2, 0.25) is 5.02 Å². The minimum atomic E-state index is -3.62. The van der Waals surface area contributed by atoms with Crippen molar-refractivity contribution in [2.45, 2.75) is 44.7 Å². The van der Waals surface area contributed by atoms with Crippen LogP contribution >= 0.6 is 11.6 Å². The Balaban J connectivity index is 2.14. The van der Waals surface area contributed by atoms with E-state index in [1.165, 1.54) is 16.4 Å². The number of benzene rings is 2. The van der Waals surface area contributed by atoms with Gasteiger partial charge in [0.25, 0.3) is 5.91 Å². The minimum Gasteiger partial charge on any atom is -0.350 e. The van der Waals surface area contributed by atoms with Gasteiger partial charge in [-0.2, -0.15) is 4.31 Å². The molecule has 0 saturated carbocycles. The molecule has 0 aliphatic rings. The highest BCUT2D eigenvalue weighted by Crippen LogP contribution is 2.20. The van der Waals surface area contributed by atoms with Crippen molar-refractivity contribution in [2.75, 3.05) is 6.54 Å². The minimum absolute atomic E-state index is 0.109. The van der Waals surface area contributed by atoms with Crippen LogP contribution < -0.4 is 5.32 Å². The molecule has 0 spiro atoms. The fraction of sp³-hybridized carbons (Fsp3) is 0.350. The number of nitrogens with zero attached hydrogens (tertiary/aromatic N) is 1. The molecular weight excluding hydrogens is 384 g/mol. The van der Waals surface area contributed by atoms with Gasteiger partial charge in [-0.3, -0.25) is 4.79 Å². The van der Waals surface area contributed by atoms with Crippen LogP contribution in [0.1, 0.15) is 43.1 Å². The van der Waals surface area contributed by atoms with E-state index in [4.69, 9.17) is 11.6 Å². The average Bonchev–Trinajstić information content (AvgIpc) is 2.66. The molecule has 2 aromatic rings. The van der Waals surface area contributed by atoms with Gasteiger partial charge in [0.15, 0.2) is 0 Å². The summed E-state index contributed by atoms with van der Waals surface area (Å²) in [5.41, 5.74) is 1.37. The summed E-state index contributed by atoms with van der Waals surface area (Å²) in [6.45, 7) is 6.32. The Morgan fingerprint density at radius 3 is 2.19 bits per heavy atom. The first-order chi connectivity index (χ1) is 12.8. The van der Waals surface area contributed by atoms with Crippen LogP contribution in [0.3, 0.4) is 0 Å². The molecule has 146 valence electrons. The van der Waals surface area contributed by atoms with Crippen molar-refractivity contribution < 1.29 is 13.2 Å². The molecule has 0 aliphatic heterocycles. The summed E-state index contributed by atoms with van der Waals surface area (Å²) in [6, 6.07) is 13.2. The molecule has 1 amide bonds. The maximum absolute atomic E-state index is 12.8. The molecule has 0 saturated heterocycles. The van der Waals surface area contributed by atoms with Gasteiger partial charge in [0.1, 0.15) is 0 Å². The number of hydrogen-bond donors (Lipinski definition) is 1. The van der Waals surface area contributed by atoms with Gasteiger partial charge in [-0.15, -0.1) is 0 Å². The van der Waals surface area contributed by atoms with E-state index in [1.54, 1.807) is 43.3 Å². The average molecular weight is 409 g/mol. The van der Waals surface area contributed by atoms with Gasteiger partial charge in [0.05, 0.1) is 4.90 Å². The lowest BCUT2D eigenvalue weighted by molar-refractivity contribution is 0.0939. The summed E-state index contributed by atoms with van der Waals surface area (Å²) >= 11 is 5.84. The lowest BCUT2D eigenvalue weighted by Gasteiger charge is -2.21. The van der Waals surface area contributed by atoms with Crippen LogP contribution in [-0.2, 0) is 16.6 Å². The number of carbonyl (C=O) groups excluding carboxylic acids is 1. The SMILES string of the molecule is CCC(C)NC(=O)c1ccc(CN(CC)S(=O)(=O)c2ccc(Cl)cc2)cc1. The van der Waals surface area contributed by atoms with E-state index >= 15 is 0 Å². The Bertz CT molecular complexity index is 865. The van der Waals surface area contributed by atoms with Crippen molar-refractivity contribution >= 4 is 27.5 Å². The normalized spacial score (nSPS) is 12.8. The molecule has 1 unspecified atom stereocenters. The second-order valence-electron chi connectivity index (χ2n) is 6.36. The van der Waals surface area contributed by atoms with Crippen molar-refractivity contribution in [1.29, 1.82) is 0 Å². The second-order valence-corrected chi connectivity index (χ2v) is 8.74. The van der Waals surface area contributed by atoms with E-state index in [0.717, 1.165) is 12.0 Å². The third-order valence-corrected chi connectivity index (χ3v) is 6.56. The Labute approximate surface area is 166 Å². The molecular formula is C20H25ClN2O3S. The molecule has 0 aliphatic carbocycles. The summed E-state index contributed by atoms with van der Waals surface area (Å²) in [7, 11) is -3.62. The zero-order valence-electron chi connectivity index (χ0n) is 15.8. The fourth-order valence-corrected chi connectivity index (χ4v) is 4.06. The van der Waals surface area contributed by atoms with Crippen molar-refractivity contribution in [3.63, 3.8) is 0 Å². The molecule has 0 bridgehead atoms. The highest BCUT2D eigenvalue weighted by atomic mass is 35.5. The Kier molecular flexibility index (Phi) is 7.41. The molecule has 0 heterocycles. The van der Waals surface area contributed by atoms with E-state index < -0.39 is 10.0 Å². The van der Waals surface area contributed by atoms with Crippen LogP contribution in [0, 0.1) is 0 Å². The first kappa shape index (κ1) is 21.4. The maximum Gasteiger partial charge on any atom is 0.251 e. The predicted molar refractivity (Wildman–Crippen MR) is 108 cm³/mol. The molecule has 27 heavy (non-hydrogen) atoms. The monoisotopic (exact) mass is 408 g/mol. The second kappa shape index (κ2) is 9.35. The number of carbonyl (C=O) groups is 1. The summed E-state index contributed by atoms with van der Waals surface area (Å²) < 4.78 is 27.0. The first-order valence-electron chi connectivity index (χ1n) is 8.93. The Morgan fingerprint density at radius 2 is 1.67 bits per heavy atom. The van der Waals surface area contributed by atoms with Crippen molar-refractivity contribution in [2.24, 2.45) is 0 Å².